The number of benzene rings is 1. The van der Waals surface area contributed by atoms with E-state index in [1.165, 1.54) is 36.1 Å². The smallest absolute Gasteiger partial charge is 0.0232 e. The summed E-state index contributed by atoms with van der Waals surface area (Å²) in [6.07, 6.45) is 6.21. The van der Waals surface area contributed by atoms with Crippen molar-refractivity contribution >= 4 is 17.8 Å². The summed E-state index contributed by atoms with van der Waals surface area (Å²) < 4.78 is 0. The minimum atomic E-state index is 1.17. The van der Waals surface area contributed by atoms with E-state index in [1.54, 1.807) is 11.1 Å². The van der Waals surface area contributed by atoms with Crippen LogP contribution in [0.15, 0.2) is 17.5 Å². The second-order valence-corrected chi connectivity index (χ2v) is 4.68. The fourth-order valence-corrected chi connectivity index (χ4v) is 3.00. The standard InChI is InChI=1S/C12H12S/c1-2-9-6-11-4-5-13-8-12(11)7-10(9)3-1/h4-7H,1-3,8H2. The number of aryl methyl sites for hydroxylation is 2. The maximum Gasteiger partial charge on any atom is 0.0232 e. The van der Waals surface area contributed by atoms with Gasteiger partial charge in [-0.1, -0.05) is 12.1 Å². The first kappa shape index (κ1) is 7.69. The third kappa shape index (κ3) is 1.22. The van der Waals surface area contributed by atoms with Gasteiger partial charge >= 0.3 is 0 Å². The lowest BCUT2D eigenvalue weighted by atomic mass is 10.0. The Bertz CT molecular complexity index is 377. The summed E-state index contributed by atoms with van der Waals surface area (Å²) in [4.78, 5) is 0. The summed E-state index contributed by atoms with van der Waals surface area (Å²) in [5.41, 5.74) is 6.19. The highest BCUT2D eigenvalue weighted by atomic mass is 32.2. The number of hydrogen-bond acceptors (Lipinski definition) is 1. The van der Waals surface area contributed by atoms with Crippen molar-refractivity contribution in [1.82, 2.24) is 0 Å². The number of fused-ring (bicyclic) bond motifs is 2. The van der Waals surface area contributed by atoms with Gasteiger partial charge in [0, 0.05) is 5.75 Å². The molecule has 0 saturated heterocycles. The van der Waals surface area contributed by atoms with Crippen molar-refractivity contribution in [3.8, 4) is 0 Å². The lowest BCUT2D eigenvalue weighted by Gasteiger charge is -2.12. The molecule has 1 aromatic rings. The van der Waals surface area contributed by atoms with Crippen LogP contribution >= 0.6 is 11.8 Å². The molecule has 0 nitrogen and oxygen atoms in total. The molecule has 1 heterocycles. The van der Waals surface area contributed by atoms with Gasteiger partial charge in [0.05, 0.1) is 0 Å². The van der Waals surface area contributed by atoms with Crippen LogP contribution < -0.4 is 0 Å². The molecule has 0 saturated carbocycles. The van der Waals surface area contributed by atoms with E-state index in [4.69, 9.17) is 0 Å². The molecule has 3 rings (SSSR count). The van der Waals surface area contributed by atoms with E-state index in [1.807, 2.05) is 11.8 Å². The number of rotatable bonds is 0. The normalized spacial score (nSPS) is 18.5. The zero-order valence-electron chi connectivity index (χ0n) is 7.55. The van der Waals surface area contributed by atoms with E-state index in [-0.39, 0.29) is 0 Å². The molecular formula is C12H12S. The monoisotopic (exact) mass is 188 g/mol. The summed E-state index contributed by atoms with van der Waals surface area (Å²) in [6.45, 7) is 0. The van der Waals surface area contributed by atoms with Crippen LogP contribution in [0.3, 0.4) is 0 Å². The Balaban J connectivity index is 2.18. The molecule has 1 aliphatic carbocycles. The second-order valence-electron chi connectivity index (χ2n) is 3.79. The van der Waals surface area contributed by atoms with Crippen molar-refractivity contribution in [2.45, 2.75) is 25.0 Å². The largest absolute Gasteiger partial charge is 0.129 e. The van der Waals surface area contributed by atoms with E-state index in [0.29, 0.717) is 0 Å². The average molecular weight is 188 g/mol. The fraction of sp³-hybridized carbons (Fsp3) is 0.333. The quantitative estimate of drug-likeness (QED) is 0.601. The summed E-state index contributed by atoms with van der Waals surface area (Å²) in [5.74, 6) is 1.17. The first-order chi connectivity index (χ1) is 6.43. The highest BCUT2D eigenvalue weighted by Crippen LogP contribution is 2.31. The van der Waals surface area contributed by atoms with Crippen LogP contribution in [0.25, 0.3) is 6.08 Å². The summed E-state index contributed by atoms with van der Waals surface area (Å²) >= 11 is 1.90. The Hall–Kier alpha value is -0.690. The molecule has 1 heteroatoms. The Morgan fingerprint density at radius 2 is 1.85 bits per heavy atom. The van der Waals surface area contributed by atoms with E-state index in [2.05, 4.69) is 23.6 Å². The van der Waals surface area contributed by atoms with Gasteiger partial charge in [-0.2, -0.15) is 0 Å². The van der Waals surface area contributed by atoms with Gasteiger partial charge in [-0.05, 0) is 53.0 Å². The van der Waals surface area contributed by atoms with E-state index >= 15 is 0 Å². The molecule has 1 aliphatic heterocycles. The van der Waals surface area contributed by atoms with Gasteiger partial charge in [-0.15, -0.1) is 11.8 Å². The molecule has 66 valence electrons. The van der Waals surface area contributed by atoms with Crippen LogP contribution in [-0.2, 0) is 18.6 Å². The third-order valence-electron chi connectivity index (χ3n) is 2.94. The maximum absolute atomic E-state index is 2.42. The van der Waals surface area contributed by atoms with Crippen molar-refractivity contribution in [3.63, 3.8) is 0 Å². The van der Waals surface area contributed by atoms with Crippen LogP contribution in [0, 0.1) is 0 Å². The van der Waals surface area contributed by atoms with Crippen LogP contribution in [0.2, 0.25) is 0 Å². The minimum Gasteiger partial charge on any atom is -0.129 e. The molecule has 0 atom stereocenters. The van der Waals surface area contributed by atoms with Crippen molar-refractivity contribution in [1.29, 1.82) is 0 Å². The van der Waals surface area contributed by atoms with Gasteiger partial charge in [0.25, 0.3) is 0 Å². The Morgan fingerprint density at radius 3 is 2.77 bits per heavy atom. The van der Waals surface area contributed by atoms with E-state index in [0.717, 1.165) is 0 Å². The lowest BCUT2D eigenvalue weighted by molar-refractivity contribution is 0.911. The molecule has 13 heavy (non-hydrogen) atoms. The van der Waals surface area contributed by atoms with Gasteiger partial charge in [-0.3, -0.25) is 0 Å². The van der Waals surface area contributed by atoms with Crippen LogP contribution in [0.4, 0.5) is 0 Å². The molecule has 2 aliphatic rings. The van der Waals surface area contributed by atoms with Gasteiger partial charge in [0.2, 0.25) is 0 Å². The number of hydrogen-bond donors (Lipinski definition) is 0. The lowest BCUT2D eigenvalue weighted by Crippen LogP contribution is -1.93. The van der Waals surface area contributed by atoms with Crippen LogP contribution in [0.5, 0.6) is 0 Å². The van der Waals surface area contributed by atoms with Gasteiger partial charge in [0.15, 0.2) is 0 Å². The molecule has 0 radical (unpaired) electrons. The molecule has 0 amide bonds. The molecule has 1 aromatic carbocycles. The molecule has 0 fully saturated rings. The third-order valence-corrected chi connectivity index (χ3v) is 3.74. The van der Waals surface area contributed by atoms with Crippen molar-refractivity contribution < 1.29 is 0 Å². The van der Waals surface area contributed by atoms with Crippen molar-refractivity contribution in [3.05, 3.63) is 39.8 Å². The summed E-state index contributed by atoms with van der Waals surface area (Å²) in [5, 5.41) is 2.21. The van der Waals surface area contributed by atoms with Crippen LogP contribution in [-0.4, -0.2) is 0 Å². The fourth-order valence-electron chi connectivity index (χ4n) is 2.23. The highest BCUT2D eigenvalue weighted by molar-refractivity contribution is 8.01. The average Bonchev–Trinajstić information content (AvgIpc) is 2.61. The predicted octanol–water partition coefficient (Wildman–Crippen LogP) is 3.39. The summed E-state index contributed by atoms with van der Waals surface area (Å²) in [7, 11) is 0. The first-order valence-corrected chi connectivity index (χ1v) is 5.91. The zero-order valence-corrected chi connectivity index (χ0v) is 8.36. The van der Waals surface area contributed by atoms with E-state index in [9.17, 15) is 0 Å². The second kappa shape index (κ2) is 2.91. The first-order valence-electron chi connectivity index (χ1n) is 4.86. The van der Waals surface area contributed by atoms with Gasteiger partial charge < -0.3 is 0 Å². The Morgan fingerprint density at radius 1 is 1.00 bits per heavy atom. The molecular weight excluding hydrogens is 176 g/mol. The molecule has 0 aromatic heterocycles. The van der Waals surface area contributed by atoms with Crippen molar-refractivity contribution in [2.24, 2.45) is 0 Å². The highest BCUT2D eigenvalue weighted by Gasteiger charge is 2.14. The van der Waals surface area contributed by atoms with Gasteiger partial charge in [0.1, 0.15) is 0 Å². The zero-order chi connectivity index (χ0) is 8.67. The molecule has 0 N–H and O–H groups in total. The number of thioether (sulfide) groups is 1. The van der Waals surface area contributed by atoms with Crippen molar-refractivity contribution in [2.75, 3.05) is 0 Å². The van der Waals surface area contributed by atoms with Crippen LogP contribution in [0.1, 0.15) is 28.7 Å². The Labute approximate surface area is 83.0 Å². The van der Waals surface area contributed by atoms with Gasteiger partial charge in [-0.25, -0.2) is 0 Å². The topological polar surface area (TPSA) is 0 Å². The predicted molar refractivity (Wildman–Crippen MR) is 58.8 cm³/mol. The molecule has 0 spiro atoms. The SMILES string of the molecule is C1=Cc2cc3c(cc2CS1)CCC3. The maximum atomic E-state index is 2.42. The minimum absolute atomic E-state index is 1.17. The molecule has 0 bridgehead atoms. The molecule has 0 unspecified atom stereocenters. The summed E-state index contributed by atoms with van der Waals surface area (Å²) in [6, 6.07) is 4.82. The Kier molecular flexibility index (Phi) is 1.72. The van der Waals surface area contributed by atoms with E-state index < -0.39 is 0 Å².